The maximum atomic E-state index is 13.7. The molecule has 2 atom stereocenters. The summed E-state index contributed by atoms with van der Waals surface area (Å²) in [6.45, 7) is 1.96. The van der Waals surface area contributed by atoms with Crippen LogP contribution in [0.5, 0.6) is 0 Å². The van der Waals surface area contributed by atoms with E-state index in [2.05, 4.69) is 20.0 Å². The topological polar surface area (TPSA) is 87.3 Å². The number of ether oxygens (including phenoxy) is 1. The van der Waals surface area contributed by atoms with E-state index in [9.17, 15) is 14.0 Å². The molecule has 0 bridgehead atoms. The summed E-state index contributed by atoms with van der Waals surface area (Å²) < 4.78 is 18.3. The lowest BCUT2D eigenvalue weighted by atomic mass is 9.96. The van der Waals surface area contributed by atoms with Crippen LogP contribution in [0.1, 0.15) is 29.9 Å². The van der Waals surface area contributed by atoms with Crippen LogP contribution in [0.15, 0.2) is 30.6 Å². The van der Waals surface area contributed by atoms with E-state index in [0.717, 1.165) is 5.69 Å². The van der Waals surface area contributed by atoms with Crippen molar-refractivity contribution in [2.45, 2.75) is 25.4 Å². The molecular weight excluding hydrogens is 327 g/mol. The highest BCUT2D eigenvalue weighted by molar-refractivity contribution is 5.83. The number of methoxy groups -OCH3 is 1. The Morgan fingerprint density at radius 2 is 2.28 bits per heavy atom. The van der Waals surface area contributed by atoms with Crippen LogP contribution in [-0.4, -0.2) is 46.6 Å². The van der Waals surface area contributed by atoms with Gasteiger partial charge in [0.1, 0.15) is 17.9 Å². The summed E-state index contributed by atoms with van der Waals surface area (Å²) in [5, 5.41) is 2.62. The second-order valence-electron chi connectivity index (χ2n) is 5.86. The first-order valence-electron chi connectivity index (χ1n) is 7.94. The molecule has 2 heterocycles. The Bertz CT molecular complexity index is 792. The van der Waals surface area contributed by atoms with E-state index in [1.807, 2.05) is 0 Å². The zero-order valence-electron chi connectivity index (χ0n) is 14.0. The Morgan fingerprint density at radius 1 is 1.48 bits per heavy atom. The number of esters is 1. The molecule has 1 aromatic carbocycles. The average Bonchev–Trinajstić information content (AvgIpc) is 3.08. The Morgan fingerprint density at radius 3 is 3.00 bits per heavy atom. The van der Waals surface area contributed by atoms with Crippen molar-refractivity contribution in [3.05, 3.63) is 53.4 Å². The summed E-state index contributed by atoms with van der Waals surface area (Å²) >= 11 is 0. The SMILES string of the molecule is COC(=O)[C@H](C)NC(=O)N1CCc2[nH]cnc2C1c1cccc(F)c1. The molecule has 7 nitrogen and oxygen atoms in total. The fourth-order valence-electron chi connectivity index (χ4n) is 3.01. The van der Waals surface area contributed by atoms with Gasteiger partial charge in [-0.1, -0.05) is 12.1 Å². The third-order valence-electron chi connectivity index (χ3n) is 4.24. The second kappa shape index (κ2) is 6.92. The molecule has 0 spiro atoms. The number of aromatic nitrogens is 2. The number of nitrogens with one attached hydrogen (secondary N) is 2. The van der Waals surface area contributed by atoms with Crippen LogP contribution >= 0.6 is 0 Å². The first kappa shape index (κ1) is 16.9. The van der Waals surface area contributed by atoms with Gasteiger partial charge in [-0.05, 0) is 24.6 Å². The molecule has 1 unspecified atom stereocenters. The van der Waals surface area contributed by atoms with Crippen LogP contribution in [0.2, 0.25) is 0 Å². The van der Waals surface area contributed by atoms with Crippen molar-refractivity contribution in [3.63, 3.8) is 0 Å². The van der Waals surface area contributed by atoms with Gasteiger partial charge in [0, 0.05) is 18.7 Å². The summed E-state index contributed by atoms with van der Waals surface area (Å²) in [6.07, 6.45) is 2.16. The van der Waals surface area contributed by atoms with E-state index in [-0.39, 0.29) is 5.82 Å². The number of amides is 2. The van der Waals surface area contributed by atoms with Crippen LogP contribution in [0.4, 0.5) is 9.18 Å². The van der Waals surface area contributed by atoms with Gasteiger partial charge in [-0.3, -0.25) is 0 Å². The molecule has 2 aromatic rings. The van der Waals surface area contributed by atoms with Crippen LogP contribution in [-0.2, 0) is 16.0 Å². The van der Waals surface area contributed by atoms with Gasteiger partial charge in [-0.25, -0.2) is 19.0 Å². The van der Waals surface area contributed by atoms with Crippen molar-refractivity contribution < 1.29 is 18.7 Å². The number of aromatic amines is 1. The standard InChI is InChI=1S/C17H19FN4O3/c1-10(16(23)25-2)21-17(24)22-7-6-13-14(20-9-19-13)15(22)11-4-3-5-12(18)8-11/h3-5,8-10,15H,6-7H2,1-2H3,(H,19,20)(H,21,24)/t10-,15?/m0/s1. The van der Waals surface area contributed by atoms with E-state index in [1.54, 1.807) is 30.3 Å². The van der Waals surface area contributed by atoms with Gasteiger partial charge >= 0.3 is 12.0 Å². The van der Waals surface area contributed by atoms with Gasteiger partial charge in [0.05, 0.1) is 19.1 Å². The second-order valence-corrected chi connectivity index (χ2v) is 5.86. The largest absolute Gasteiger partial charge is 0.467 e. The zero-order chi connectivity index (χ0) is 18.0. The lowest BCUT2D eigenvalue weighted by Crippen LogP contribution is -2.50. The van der Waals surface area contributed by atoms with Crippen molar-refractivity contribution in [2.75, 3.05) is 13.7 Å². The van der Waals surface area contributed by atoms with Gasteiger partial charge in [0.15, 0.2) is 0 Å². The number of nitrogens with zero attached hydrogens (tertiary/aromatic N) is 2. The number of halogens is 1. The van der Waals surface area contributed by atoms with Gasteiger partial charge in [-0.2, -0.15) is 0 Å². The molecule has 0 aliphatic carbocycles. The molecule has 8 heteroatoms. The molecule has 0 fully saturated rings. The van der Waals surface area contributed by atoms with E-state index in [0.29, 0.717) is 24.2 Å². The molecule has 0 saturated carbocycles. The monoisotopic (exact) mass is 346 g/mol. The van der Waals surface area contributed by atoms with E-state index in [1.165, 1.54) is 19.2 Å². The Labute approximate surface area is 144 Å². The number of carbonyl (C=O) groups is 2. The fourth-order valence-corrected chi connectivity index (χ4v) is 3.01. The maximum absolute atomic E-state index is 13.7. The minimum absolute atomic E-state index is 0.386. The quantitative estimate of drug-likeness (QED) is 0.829. The van der Waals surface area contributed by atoms with Crippen molar-refractivity contribution >= 4 is 12.0 Å². The third-order valence-corrected chi connectivity index (χ3v) is 4.24. The van der Waals surface area contributed by atoms with Crippen molar-refractivity contribution in [3.8, 4) is 0 Å². The van der Waals surface area contributed by atoms with Gasteiger partial charge in [0.25, 0.3) is 0 Å². The highest BCUT2D eigenvalue weighted by atomic mass is 19.1. The number of rotatable bonds is 3. The molecule has 2 N–H and O–H groups in total. The highest BCUT2D eigenvalue weighted by Crippen LogP contribution is 2.33. The first-order valence-corrected chi connectivity index (χ1v) is 7.94. The molecule has 1 aliphatic heterocycles. The Hall–Kier alpha value is -2.90. The van der Waals surface area contributed by atoms with Crippen LogP contribution in [0.3, 0.4) is 0 Å². The smallest absolute Gasteiger partial charge is 0.328 e. The molecule has 0 saturated heterocycles. The van der Waals surface area contributed by atoms with E-state index >= 15 is 0 Å². The van der Waals surface area contributed by atoms with E-state index in [4.69, 9.17) is 0 Å². The normalized spacial score (nSPS) is 17.6. The summed E-state index contributed by atoms with van der Waals surface area (Å²) in [5.74, 6) is -0.920. The number of imidazole rings is 1. The minimum atomic E-state index is -0.786. The molecule has 0 radical (unpaired) electrons. The van der Waals surface area contributed by atoms with Gasteiger partial charge < -0.3 is 19.9 Å². The lowest BCUT2D eigenvalue weighted by Gasteiger charge is -2.35. The average molecular weight is 346 g/mol. The van der Waals surface area contributed by atoms with Gasteiger partial charge in [-0.15, -0.1) is 0 Å². The molecule has 3 rings (SSSR count). The Balaban J connectivity index is 1.92. The highest BCUT2D eigenvalue weighted by Gasteiger charge is 2.35. The first-order chi connectivity index (χ1) is 12.0. The maximum Gasteiger partial charge on any atom is 0.328 e. The minimum Gasteiger partial charge on any atom is -0.467 e. The summed E-state index contributed by atoms with van der Waals surface area (Å²) in [5.41, 5.74) is 2.21. The van der Waals surface area contributed by atoms with Crippen molar-refractivity contribution in [1.29, 1.82) is 0 Å². The molecule has 25 heavy (non-hydrogen) atoms. The molecular formula is C17H19FN4O3. The number of fused-ring (bicyclic) bond motifs is 1. The van der Waals surface area contributed by atoms with Crippen LogP contribution < -0.4 is 5.32 Å². The molecule has 132 valence electrons. The third kappa shape index (κ3) is 3.33. The van der Waals surface area contributed by atoms with Crippen LogP contribution in [0.25, 0.3) is 0 Å². The predicted molar refractivity (Wildman–Crippen MR) is 87.3 cm³/mol. The zero-order valence-corrected chi connectivity index (χ0v) is 14.0. The summed E-state index contributed by atoms with van der Waals surface area (Å²) in [7, 11) is 1.26. The number of hydrogen-bond acceptors (Lipinski definition) is 4. The predicted octanol–water partition coefficient (Wildman–Crippen LogP) is 1.77. The number of carbonyl (C=O) groups excluding carboxylic acids is 2. The van der Waals surface area contributed by atoms with Crippen molar-refractivity contribution in [2.24, 2.45) is 0 Å². The molecule has 1 aromatic heterocycles. The number of hydrogen-bond donors (Lipinski definition) is 2. The Kier molecular flexibility index (Phi) is 4.69. The summed E-state index contributed by atoms with van der Waals surface area (Å²) in [4.78, 5) is 33.2. The number of benzene rings is 1. The van der Waals surface area contributed by atoms with Crippen molar-refractivity contribution in [1.82, 2.24) is 20.2 Å². The fraction of sp³-hybridized carbons (Fsp3) is 0.353. The molecule has 2 amide bonds. The van der Waals surface area contributed by atoms with Gasteiger partial charge in [0.2, 0.25) is 0 Å². The lowest BCUT2D eigenvalue weighted by molar-refractivity contribution is -0.142. The summed E-state index contributed by atoms with van der Waals surface area (Å²) in [6, 6.07) is 4.34. The molecule has 1 aliphatic rings. The van der Waals surface area contributed by atoms with Crippen LogP contribution in [0, 0.1) is 5.82 Å². The number of H-pyrrole nitrogens is 1. The van der Waals surface area contributed by atoms with E-state index < -0.39 is 24.1 Å². The number of urea groups is 1.